The summed E-state index contributed by atoms with van der Waals surface area (Å²) in [7, 11) is 0. The minimum Gasteiger partial charge on any atom is -0.311 e. The number of rotatable bonds is 5. The first-order valence-corrected chi connectivity index (χ1v) is 5.62. The summed E-state index contributed by atoms with van der Waals surface area (Å²) < 4.78 is 0. The summed E-state index contributed by atoms with van der Waals surface area (Å²) in [5.74, 6) is 0. The second-order valence-corrected chi connectivity index (χ2v) is 4.04. The van der Waals surface area contributed by atoms with Crippen LogP contribution in [0.15, 0.2) is 0 Å². The molecule has 1 nitrogen and oxygen atoms in total. The van der Waals surface area contributed by atoms with Crippen molar-refractivity contribution in [3.8, 4) is 0 Å². The fourth-order valence-electron chi connectivity index (χ4n) is 2.18. The predicted octanol–water partition coefficient (Wildman–Crippen LogP) is 3.10. The standard InChI is InChI=1S/C11H23N/c1-3-7-10(4-2)12-11-8-5-6-9-11/h10-12H,3-9H2,1-2H3. The Morgan fingerprint density at radius 1 is 1.25 bits per heavy atom. The van der Waals surface area contributed by atoms with Gasteiger partial charge in [0.05, 0.1) is 0 Å². The minimum atomic E-state index is 0.790. The quantitative estimate of drug-likeness (QED) is 0.667. The van der Waals surface area contributed by atoms with Gasteiger partial charge in [-0.25, -0.2) is 0 Å². The molecule has 0 heterocycles. The topological polar surface area (TPSA) is 12.0 Å². The molecule has 0 bridgehead atoms. The van der Waals surface area contributed by atoms with Crippen molar-refractivity contribution in [3.63, 3.8) is 0 Å². The molecule has 1 unspecified atom stereocenters. The predicted molar refractivity (Wildman–Crippen MR) is 54.4 cm³/mol. The van der Waals surface area contributed by atoms with Crippen LogP contribution in [0.5, 0.6) is 0 Å². The van der Waals surface area contributed by atoms with Crippen LogP contribution in [-0.2, 0) is 0 Å². The van der Waals surface area contributed by atoms with Crippen molar-refractivity contribution in [2.45, 2.75) is 70.9 Å². The van der Waals surface area contributed by atoms with Gasteiger partial charge in [-0.15, -0.1) is 0 Å². The van der Waals surface area contributed by atoms with Crippen LogP contribution in [0.2, 0.25) is 0 Å². The summed E-state index contributed by atoms with van der Waals surface area (Å²) in [6.07, 6.45) is 9.69. The third-order valence-electron chi connectivity index (χ3n) is 2.96. The van der Waals surface area contributed by atoms with Gasteiger partial charge >= 0.3 is 0 Å². The molecule has 0 aromatic carbocycles. The summed E-state index contributed by atoms with van der Waals surface area (Å²) in [5.41, 5.74) is 0. The van der Waals surface area contributed by atoms with Crippen molar-refractivity contribution in [2.75, 3.05) is 0 Å². The summed E-state index contributed by atoms with van der Waals surface area (Å²) in [4.78, 5) is 0. The second kappa shape index (κ2) is 5.58. The van der Waals surface area contributed by atoms with Crippen LogP contribution in [0.1, 0.15) is 58.8 Å². The molecule has 1 aliphatic rings. The fraction of sp³-hybridized carbons (Fsp3) is 1.00. The smallest absolute Gasteiger partial charge is 0.00696 e. The highest BCUT2D eigenvalue weighted by Gasteiger charge is 2.17. The first-order valence-electron chi connectivity index (χ1n) is 5.62. The van der Waals surface area contributed by atoms with Gasteiger partial charge in [0, 0.05) is 12.1 Å². The van der Waals surface area contributed by atoms with E-state index in [1.54, 1.807) is 0 Å². The Bertz CT molecular complexity index is 106. The van der Waals surface area contributed by atoms with Gasteiger partial charge in [-0.1, -0.05) is 33.1 Å². The van der Waals surface area contributed by atoms with E-state index >= 15 is 0 Å². The van der Waals surface area contributed by atoms with Crippen LogP contribution < -0.4 is 5.32 Å². The number of hydrogen-bond acceptors (Lipinski definition) is 1. The largest absolute Gasteiger partial charge is 0.311 e. The monoisotopic (exact) mass is 169 g/mol. The molecule has 1 fully saturated rings. The average Bonchev–Trinajstić information content (AvgIpc) is 2.56. The lowest BCUT2D eigenvalue weighted by Crippen LogP contribution is -2.36. The van der Waals surface area contributed by atoms with Crippen molar-refractivity contribution >= 4 is 0 Å². The zero-order chi connectivity index (χ0) is 8.81. The third-order valence-corrected chi connectivity index (χ3v) is 2.96. The molecule has 1 heteroatoms. The molecule has 1 aliphatic carbocycles. The van der Waals surface area contributed by atoms with Crippen LogP contribution in [0.25, 0.3) is 0 Å². The molecule has 0 spiro atoms. The fourth-order valence-corrected chi connectivity index (χ4v) is 2.18. The first-order chi connectivity index (χ1) is 5.86. The van der Waals surface area contributed by atoms with Crippen molar-refractivity contribution in [1.29, 1.82) is 0 Å². The van der Waals surface area contributed by atoms with Gasteiger partial charge in [0.1, 0.15) is 0 Å². The van der Waals surface area contributed by atoms with E-state index in [0.717, 1.165) is 12.1 Å². The van der Waals surface area contributed by atoms with E-state index < -0.39 is 0 Å². The Labute approximate surface area is 76.9 Å². The van der Waals surface area contributed by atoms with E-state index in [2.05, 4.69) is 19.2 Å². The van der Waals surface area contributed by atoms with E-state index in [0.29, 0.717) is 0 Å². The van der Waals surface area contributed by atoms with Gasteiger partial charge in [-0.3, -0.25) is 0 Å². The van der Waals surface area contributed by atoms with Crippen molar-refractivity contribution in [3.05, 3.63) is 0 Å². The highest BCUT2D eigenvalue weighted by atomic mass is 14.9. The highest BCUT2D eigenvalue weighted by molar-refractivity contribution is 4.77. The van der Waals surface area contributed by atoms with Crippen LogP contribution in [0.4, 0.5) is 0 Å². The Balaban J connectivity index is 2.16. The van der Waals surface area contributed by atoms with Gasteiger partial charge in [-0.05, 0) is 25.7 Å². The minimum absolute atomic E-state index is 0.790. The lowest BCUT2D eigenvalue weighted by atomic mass is 10.1. The van der Waals surface area contributed by atoms with E-state index in [1.165, 1.54) is 44.9 Å². The van der Waals surface area contributed by atoms with Gasteiger partial charge in [0.2, 0.25) is 0 Å². The van der Waals surface area contributed by atoms with Crippen LogP contribution in [0.3, 0.4) is 0 Å². The third kappa shape index (κ3) is 3.14. The normalized spacial score (nSPS) is 21.5. The summed E-state index contributed by atoms with van der Waals surface area (Å²) in [6.45, 7) is 4.57. The zero-order valence-corrected chi connectivity index (χ0v) is 8.60. The van der Waals surface area contributed by atoms with Crippen molar-refractivity contribution < 1.29 is 0 Å². The first kappa shape index (κ1) is 10.0. The maximum absolute atomic E-state index is 3.77. The SMILES string of the molecule is CCCC(CC)NC1CCCC1. The molecule has 1 N–H and O–H groups in total. The molecule has 72 valence electrons. The molecule has 0 radical (unpaired) electrons. The average molecular weight is 169 g/mol. The van der Waals surface area contributed by atoms with Crippen LogP contribution in [-0.4, -0.2) is 12.1 Å². The van der Waals surface area contributed by atoms with Crippen molar-refractivity contribution in [2.24, 2.45) is 0 Å². The summed E-state index contributed by atoms with van der Waals surface area (Å²) in [5, 5.41) is 3.77. The van der Waals surface area contributed by atoms with Gasteiger partial charge in [-0.2, -0.15) is 0 Å². The van der Waals surface area contributed by atoms with Crippen LogP contribution >= 0.6 is 0 Å². The zero-order valence-electron chi connectivity index (χ0n) is 8.60. The molecule has 0 amide bonds. The number of nitrogens with one attached hydrogen (secondary N) is 1. The maximum Gasteiger partial charge on any atom is 0.00696 e. The lowest BCUT2D eigenvalue weighted by molar-refractivity contribution is 0.398. The summed E-state index contributed by atoms with van der Waals surface area (Å²) in [6, 6.07) is 1.64. The molecule has 1 atom stereocenters. The molecule has 12 heavy (non-hydrogen) atoms. The maximum atomic E-state index is 3.77. The van der Waals surface area contributed by atoms with Crippen LogP contribution in [0, 0.1) is 0 Å². The van der Waals surface area contributed by atoms with E-state index in [-0.39, 0.29) is 0 Å². The lowest BCUT2D eigenvalue weighted by Gasteiger charge is -2.20. The molecule has 0 saturated heterocycles. The molecule has 0 aromatic rings. The molecule has 1 rings (SSSR count). The molecular weight excluding hydrogens is 146 g/mol. The van der Waals surface area contributed by atoms with E-state index in [4.69, 9.17) is 0 Å². The van der Waals surface area contributed by atoms with Gasteiger partial charge < -0.3 is 5.32 Å². The van der Waals surface area contributed by atoms with Gasteiger partial charge in [0.15, 0.2) is 0 Å². The Kier molecular flexibility index (Phi) is 4.67. The van der Waals surface area contributed by atoms with E-state index in [1.807, 2.05) is 0 Å². The summed E-state index contributed by atoms with van der Waals surface area (Å²) >= 11 is 0. The highest BCUT2D eigenvalue weighted by Crippen LogP contribution is 2.19. The Hall–Kier alpha value is -0.0400. The Morgan fingerprint density at radius 2 is 1.92 bits per heavy atom. The molecule has 0 aromatic heterocycles. The molecular formula is C11H23N. The van der Waals surface area contributed by atoms with E-state index in [9.17, 15) is 0 Å². The van der Waals surface area contributed by atoms with Gasteiger partial charge in [0.25, 0.3) is 0 Å². The molecule has 0 aliphatic heterocycles. The number of hydrogen-bond donors (Lipinski definition) is 1. The van der Waals surface area contributed by atoms with Crippen molar-refractivity contribution in [1.82, 2.24) is 5.32 Å². The molecule has 1 saturated carbocycles. The Morgan fingerprint density at radius 3 is 2.42 bits per heavy atom. The second-order valence-electron chi connectivity index (χ2n) is 4.04.